The van der Waals surface area contributed by atoms with E-state index in [1.54, 1.807) is 0 Å². The van der Waals surface area contributed by atoms with Crippen LogP contribution in [0.15, 0.2) is 4.99 Å². The van der Waals surface area contributed by atoms with Crippen LogP contribution in [0.5, 0.6) is 0 Å². The number of hydrogen-bond donors (Lipinski definition) is 1. The molecule has 0 atom stereocenters. The van der Waals surface area contributed by atoms with Crippen molar-refractivity contribution in [3.63, 3.8) is 0 Å². The van der Waals surface area contributed by atoms with E-state index < -0.39 is 9.84 Å². The minimum atomic E-state index is -2.95. The van der Waals surface area contributed by atoms with E-state index in [0.717, 1.165) is 45.0 Å². The van der Waals surface area contributed by atoms with Gasteiger partial charge in [0, 0.05) is 32.5 Å². The number of nitrogens with one attached hydrogen (secondary N) is 1. The summed E-state index contributed by atoms with van der Waals surface area (Å²) in [7, 11) is -2.95. The van der Waals surface area contributed by atoms with Crippen LogP contribution in [-0.2, 0) is 14.6 Å². The molecule has 1 rings (SSSR count). The van der Waals surface area contributed by atoms with Gasteiger partial charge >= 0.3 is 0 Å². The molecule has 1 saturated heterocycles. The van der Waals surface area contributed by atoms with Gasteiger partial charge in [0.1, 0.15) is 9.84 Å². The smallest absolute Gasteiger partial charge is 0.193 e. The Balaban J connectivity index is 0.00000400. The third-order valence-electron chi connectivity index (χ3n) is 3.20. The number of hydrogen-bond acceptors (Lipinski definition) is 4. The van der Waals surface area contributed by atoms with Crippen molar-refractivity contribution in [3.8, 4) is 0 Å². The highest BCUT2D eigenvalue weighted by molar-refractivity contribution is 14.0. The number of rotatable bonds is 6. The minimum Gasteiger partial charge on any atom is -0.378 e. The molecule has 0 aromatic carbocycles. The first-order chi connectivity index (χ1) is 9.46. The lowest BCUT2D eigenvalue weighted by molar-refractivity contribution is 0.0264. The molecule has 0 aromatic rings. The van der Waals surface area contributed by atoms with Crippen LogP contribution in [0.25, 0.3) is 0 Å². The van der Waals surface area contributed by atoms with Crippen LogP contribution in [-0.4, -0.2) is 70.2 Å². The van der Waals surface area contributed by atoms with Crippen LogP contribution in [0.3, 0.4) is 0 Å². The van der Waals surface area contributed by atoms with Crippen LogP contribution in [0.1, 0.15) is 26.7 Å². The fourth-order valence-electron chi connectivity index (χ4n) is 2.21. The molecule has 8 heteroatoms. The topological polar surface area (TPSA) is 71.0 Å². The molecular formula is C13H28IN3O3S. The molecule has 21 heavy (non-hydrogen) atoms. The van der Waals surface area contributed by atoms with E-state index in [9.17, 15) is 8.42 Å². The van der Waals surface area contributed by atoms with Gasteiger partial charge in [-0.15, -0.1) is 24.0 Å². The van der Waals surface area contributed by atoms with Gasteiger partial charge in [0.25, 0.3) is 0 Å². The fraction of sp³-hybridized carbons (Fsp3) is 0.923. The van der Waals surface area contributed by atoms with Gasteiger partial charge in [-0.3, -0.25) is 4.99 Å². The summed E-state index contributed by atoms with van der Waals surface area (Å²) >= 11 is 0. The molecule has 0 aromatic heterocycles. The standard InChI is InChI=1S/C13H27N3O3S.HI/c1-4-14-13(15-8-11-20(3,17)18)16-9-6-12(7-10-16)19-5-2;/h12H,4-11H2,1-3H3,(H,14,15);1H. The van der Waals surface area contributed by atoms with Crippen molar-refractivity contribution in [1.82, 2.24) is 10.2 Å². The molecule has 0 bridgehead atoms. The van der Waals surface area contributed by atoms with E-state index >= 15 is 0 Å². The van der Waals surface area contributed by atoms with Gasteiger partial charge in [-0.05, 0) is 26.7 Å². The normalized spacial score (nSPS) is 17.5. The fourth-order valence-corrected chi connectivity index (χ4v) is 2.64. The average molecular weight is 433 g/mol. The molecular weight excluding hydrogens is 405 g/mol. The second kappa shape index (κ2) is 10.6. The van der Waals surface area contributed by atoms with Gasteiger partial charge in [0.2, 0.25) is 0 Å². The SMILES string of the molecule is CCNC(=NCCS(C)(=O)=O)N1CCC(OCC)CC1.I. The third-order valence-corrected chi connectivity index (χ3v) is 4.13. The predicted molar refractivity (Wildman–Crippen MR) is 97.3 cm³/mol. The largest absolute Gasteiger partial charge is 0.378 e. The maximum absolute atomic E-state index is 11.1. The molecule has 0 saturated carbocycles. The maximum atomic E-state index is 11.1. The summed E-state index contributed by atoms with van der Waals surface area (Å²) in [6.45, 7) is 7.68. The lowest BCUT2D eigenvalue weighted by atomic mass is 10.1. The molecule has 1 heterocycles. The summed E-state index contributed by atoms with van der Waals surface area (Å²) in [5, 5.41) is 3.23. The quantitative estimate of drug-likeness (QED) is 0.386. The first kappa shape index (κ1) is 20.9. The third kappa shape index (κ3) is 8.82. The molecule has 1 N–H and O–H groups in total. The van der Waals surface area contributed by atoms with Crippen molar-refractivity contribution in [1.29, 1.82) is 0 Å². The van der Waals surface area contributed by atoms with Crippen LogP contribution < -0.4 is 5.32 Å². The summed E-state index contributed by atoms with van der Waals surface area (Å²) < 4.78 is 27.9. The number of piperidine rings is 1. The Morgan fingerprint density at radius 2 is 1.95 bits per heavy atom. The van der Waals surface area contributed by atoms with Gasteiger partial charge in [0.05, 0.1) is 18.4 Å². The summed E-state index contributed by atoms with van der Waals surface area (Å²) in [4.78, 5) is 6.59. The Morgan fingerprint density at radius 3 is 2.43 bits per heavy atom. The lowest BCUT2D eigenvalue weighted by Gasteiger charge is -2.34. The van der Waals surface area contributed by atoms with Crippen LogP contribution >= 0.6 is 24.0 Å². The van der Waals surface area contributed by atoms with Gasteiger partial charge in [-0.2, -0.15) is 0 Å². The van der Waals surface area contributed by atoms with Gasteiger partial charge in [0.15, 0.2) is 5.96 Å². The van der Waals surface area contributed by atoms with Crippen molar-refractivity contribution in [2.45, 2.75) is 32.8 Å². The van der Waals surface area contributed by atoms with Gasteiger partial charge in [-0.1, -0.05) is 0 Å². The van der Waals surface area contributed by atoms with Crippen LogP contribution in [0.2, 0.25) is 0 Å². The second-order valence-corrected chi connectivity index (χ2v) is 7.27. The van der Waals surface area contributed by atoms with Crippen molar-refractivity contribution in [3.05, 3.63) is 0 Å². The predicted octanol–water partition coefficient (Wildman–Crippen LogP) is 1.12. The number of aliphatic imine (C=N–C) groups is 1. The van der Waals surface area contributed by atoms with Crippen molar-refractivity contribution < 1.29 is 13.2 Å². The summed E-state index contributed by atoms with van der Waals surface area (Å²) in [6.07, 6.45) is 3.56. The number of guanidine groups is 1. The zero-order chi connectivity index (χ0) is 15.0. The van der Waals surface area contributed by atoms with Crippen molar-refractivity contribution in [2.24, 2.45) is 4.99 Å². The van der Waals surface area contributed by atoms with E-state index in [2.05, 4.69) is 15.2 Å². The lowest BCUT2D eigenvalue weighted by Crippen LogP contribution is -2.47. The highest BCUT2D eigenvalue weighted by atomic mass is 127. The maximum Gasteiger partial charge on any atom is 0.193 e. The highest BCUT2D eigenvalue weighted by Gasteiger charge is 2.21. The Bertz CT molecular complexity index is 407. The number of halogens is 1. The minimum absolute atomic E-state index is 0. The van der Waals surface area contributed by atoms with Crippen LogP contribution in [0, 0.1) is 0 Å². The van der Waals surface area contributed by atoms with E-state index in [1.807, 2.05) is 13.8 Å². The Labute approximate surface area is 145 Å². The van der Waals surface area contributed by atoms with E-state index in [0.29, 0.717) is 12.6 Å². The molecule has 0 radical (unpaired) electrons. The first-order valence-corrected chi connectivity index (χ1v) is 9.35. The Hall–Kier alpha value is -0.0900. The zero-order valence-electron chi connectivity index (χ0n) is 13.2. The molecule has 0 amide bonds. The molecule has 6 nitrogen and oxygen atoms in total. The number of likely N-dealkylation sites (tertiary alicyclic amines) is 1. The molecule has 0 unspecified atom stereocenters. The highest BCUT2D eigenvalue weighted by Crippen LogP contribution is 2.13. The molecule has 0 spiro atoms. The first-order valence-electron chi connectivity index (χ1n) is 7.28. The summed E-state index contributed by atoms with van der Waals surface area (Å²) in [6, 6.07) is 0. The van der Waals surface area contributed by atoms with E-state index in [1.165, 1.54) is 6.26 Å². The van der Waals surface area contributed by atoms with E-state index in [4.69, 9.17) is 4.74 Å². The number of ether oxygens (including phenoxy) is 1. The average Bonchev–Trinajstić information content (AvgIpc) is 2.38. The molecule has 126 valence electrons. The monoisotopic (exact) mass is 433 g/mol. The van der Waals surface area contributed by atoms with Gasteiger partial charge < -0.3 is 15.0 Å². The molecule has 0 aliphatic carbocycles. The molecule has 1 aliphatic rings. The Morgan fingerprint density at radius 1 is 1.33 bits per heavy atom. The number of sulfone groups is 1. The summed E-state index contributed by atoms with van der Waals surface area (Å²) in [5.41, 5.74) is 0. The molecule has 1 fully saturated rings. The van der Waals surface area contributed by atoms with Crippen molar-refractivity contribution in [2.75, 3.05) is 44.8 Å². The van der Waals surface area contributed by atoms with Crippen LogP contribution in [0.4, 0.5) is 0 Å². The molecule has 1 aliphatic heterocycles. The Kier molecular flexibility index (Phi) is 10.6. The summed E-state index contributed by atoms with van der Waals surface area (Å²) in [5.74, 6) is 0.906. The van der Waals surface area contributed by atoms with Crippen molar-refractivity contribution >= 4 is 39.8 Å². The van der Waals surface area contributed by atoms with E-state index in [-0.39, 0.29) is 29.7 Å². The number of nitrogens with zero attached hydrogens (tertiary/aromatic N) is 2. The second-order valence-electron chi connectivity index (χ2n) is 5.01. The zero-order valence-corrected chi connectivity index (χ0v) is 16.3. The van der Waals surface area contributed by atoms with Gasteiger partial charge in [-0.25, -0.2) is 8.42 Å².